The van der Waals surface area contributed by atoms with Crippen LogP contribution in [0.15, 0.2) is 16.7 Å². The maximum absolute atomic E-state index is 13.4. The first kappa shape index (κ1) is 24.2. The topological polar surface area (TPSA) is 101 Å². The first-order chi connectivity index (χ1) is 15.7. The third-order valence-electron chi connectivity index (χ3n) is 6.14. The summed E-state index contributed by atoms with van der Waals surface area (Å²) in [6, 6.07) is 1.76. The van der Waals surface area contributed by atoms with Gasteiger partial charge in [-0.1, -0.05) is 12.8 Å². The van der Waals surface area contributed by atoms with Crippen LogP contribution in [0.5, 0.6) is 0 Å². The number of aliphatic hydroxyl groups is 1. The monoisotopic (exact) mass is 523 g/mol. The number of carbonyl (C=O) groups excluding carboxylic acids is 1. The number of halogens is 1. The quantitative estimate of drug-likeness (QED) is 0.599. The van der Waals surface area contributed by atoms with E-state index < -0.39 is 17.8 Å². The molecule has 1 saturated carbocycles. The van der Waals surface area contributed by atoms with E-state index in [9.17, 15) is 9.90 Å². The van der Waals surface area contributed by atoms with Crippen LogP contribution in [-0.2, 0) is 9.47 Å². The molecule has 2 atom stereocenters. The zero-order chi connectivity index (χ0) is 23.6. The Morgan fingerprint density at radius 3 is 2.73 bits per heavy atom. The molecule has 9 nitrogen and oxygen atoms in total. The van der Waals surface area contributed by atoms with E-state index in [-0.39, 0.29) is 6.04 Å². The zero-order valence-corrected chi connectivity index (χ0v) is 21.2. The van der Waals surface area contributed by atoms with Crippen molar-refractivity contribution in [1.29, 1.82) is 0 Å². The van der Waals surface area contributed by atoms with Crippen molar-refractivity contribution in [2.75, 3.05) is 30.0 Å². The molecule has 2 aromatic heterocycles. The molecule has 0 aromatic carbocycles. The SMILES string of the molecule is CC(C)(C)OC(=O)N(CC1CCOCC1)c1cc(NC2CCCC[C@H]2O)nc2c(Br)cnn12. The number of hydrogen-bond donors (Lipinski definition) is 2. The summed E-state index contributed by atoms with van der Waals surface area (Å²) in [4.78, 5) is 19.8. The molecular weight excluding hydrogens is 490 g/mol. The van der Waals surface area contributed by atoms with Gasteiger partial charge in [0, 0.05) is 25.8 Å². The van der Waals surface area contributed by atoms with Crippen molar-refractivity contribution >= 4 is 39.3 Å². The Morgan fingerprint density at radius 2 is 2.03 bits per heavy atom. The normalized spacial score (nSPS) is 22.3. The van der Waals surface area contributed by atoms with Gasteiger partial charge >= 0.3 is 6.09 Å². The van der Waals surface area contributed by atoms with Gasteiger partial charge in [0.15, 0.2) is 5.65 Å². The van der Waals surface area contributed by atoms with Gasteiger partial charge in [-0.25, -0.2) is 9.78 Å². The van der Waals surface area contributed by atoms with Gasteiger partial charge in [-0.2, -0.15) is 9.61 Å². The van der Waals surface area contributed by atoms with Crippen LogP contribution in [0.3, 0.4) is 0 Å². The Morgan fingerprint density at radius 1 is 1.30 bits per heavy atom. The maximum Gasteiger partial charge on any atom is 0.416 e. The lowest BCUT2D eigenvalue weighted by molar-refractivity contribution is 0.0512. The third kappa shape index (κ3) is 5.96. The summed E-state index contributed by atoms with van der Waals surface area (Å²) in [6.45, 7) is 7.47. The molecular formula is C23H34BrN5O4. The predicted molar refractivity (Wildman–Crippen MR) is 130 cm³/mol. The summed E-state index contributed by atoms with van der Waals surface area (Å²) in [5, 5.41) is 18.3. The van der Waals surface area contributed by atoms with Crippen LogP contribution in [0.1, 0.15) is 59.3 Å². The average molecular weight is 524 g/mol. The molecule has 1 aliphatic heterocycles. The highest BCUT2D eigenvalue weighted by Crippen LogP contribution is 2.30. The summed E-state index contributed by atoms with van der Waals surface area (Å²) in [5.41, 5.74) is -0.0318. The zero-order valence-electron chi connectivity index (χ0n) is 19.6. The molecule has 2 aromatic rings. The van der Waals surface area contributed by atoms with E-state index in [1.54, 1.807) is 15.6 Å². The lowest BCUT2D eigenvalue weighted by Gasteiger charge is -2.32. The summed E-state index contributed by atoms with van der Waals surface area (Å²) in [6.07, 6.45) is 6.35. The smallest absolute Gasteiger partial charge is 0.416 e. The van der Waals surface area contributed by atoms with E-state index in [0.717, 1.165) is 43.0 Å². The average Bonchev–Trinajstić information content (AvgIpc) is 3.13. The van der Waals surface area contributed by atoms with Gasteiger partial charge in [-0.3, -0.25) is 4.90 Å². The highest BCUT2D eigenvalue weighted by molar-refractivity contribution is 9.10. The molecule has 1 saturated heterocycles. The largest absolute Gasteiger partial charge is 0.443 e. The first-order valence-corrected chi connectivity index (χ1v) is 12.6. The second-order valence-electron chi connectivity index (χ2n) is 9.98. The number of aromatic nitrogens is 3. The van der Waals surface area contributed by atoms with Gasteiger partial charge in [0.1, 0.15) is 17.2 Å². The highest BCUT2D eigenvalue weighted by Gasteiger charge is 2.30. The molecule has 3 heterocycles. The van der Waals surface area contributed by atoms with Crippen molar-refractivity contribution in [3.63, 3.8) is 0 Å². The minimum atomic E-state index is -0.630. The Hall–Kier alpha value is -1.91. The van der Waals surface area contributed by atoms with Gasteiger partial charge in [0.05, 0.1) is 22.8 Å². The van der Waals surface area contributed by atoms with Crippen LogP contribution in [0, 0.1) is 5.92 Å². The molecule has 0 radical (unpaired) electrons. The van der Waals surface area contributed by atoms with E-state index in [1.165, 1.54) is 0 Å². The van der Waals surface area contributed by atoms with Gasteiger partial charge in [0.25, 0.3) is 0 Å². The highest BCUT2D eigenvalue weighted by atomic mass is 79.9. The molecule has 0 bridgehead atoms. The minimum absolute atomic E-state index is 0.0753. The molecule has 1 aliphatic carbocycles. The lowest BCUT2D eigenvalue weighted by Crippen LogP contribution is -2.42. The van der Waals surface area contributed by atoms with Crippen LogP contribution < -0.4 is 10.2 Å². The van der Waals surface area contributed by atoms with Crippen LogP contribution in [0.25, 0.3) is 5.65 Å². The molecule has 2 N–H and O–H groups in total. The molecule has 1 unspecified atom stereocenters. The summed E-state index contributed by atoms with van der Waals surface area (Å²) >= 11 is 3.53. The first-order valence-electron chi connectivity index (χ1n) is 11.8. The molecule has 10 heteroatoms. The molecule has 33 heavy (non-hydrogen) atoms. The van der Waals surface area contributed by atoms with Gasteiger partial charge in [-0.05, 0) is 68.3 Å². The maximum atomic E-state index is 13.4. The van der Waals surface area contributed by atoms with Crippen LogP contribution in [-0.4, -0.2) is 63.3 Å². The molecule has 182 valence electrons. The number of rotatable bonds is 5. The number of ether oxygens (including phenoxy) is 2. The van der Waals surface area contributed by atoms with Gasteiger partial charge < -0.3 is 19.9 Å². The molecule has 4 rings (SSSR count). The fourth-order valence-corrected chi connectivity index (χ4v) is 4.77. The predicted octanol–water partition coefficient (Wildman–Crippen LogP) is 4.38. The number of nitrogens with one attached hydrogen (secondary N) is 1. The number of amides is 1. The van der Waals surface area contributed by atoms with E-state index in [1.807, 2.05) is 26.8 Å². The second-order valence-corrected chi connectivity index (χ2v) is 10.8. The number of aliphatic hydroxyl groups excluding tert-OH is 1. The van der Waals surface area contributed by atoms with Crippen molar-refractivity contribution in [3.8, 4) is 0 Å². The van der Waals surface area contributed by atoms with Crippen molar-refractivity contribution in [1.82, 2.24) is 14.6 Å². The Kier molecular flexibility index (Phi) is 7.45. The second kappa shape index (κ2) is 10.1. The summed E-state index contributed by atoms with van der Waals surface area (Å²) < 4.78 is 13.7. The van der Waals surface area contributed by atoms with Crippen molar-refractivity contribution in [2.45, 2.75) is 77.0 Å². The van der Waals surface area contributed by atoms with Gasteiger partial charge in [-0.15, -0.1) is 0 Å². The van der Waals surface area contributed by atoms with Crippen LogP contribution in [0.4, 0.5) is 16.4 Å². The summed E-state index contributed by atoms with van der Waals surface area (Å²) in [7, 11) is 0. The molecule has 1 amide bonds. The van der Waals surface area contributed by atoms with Crippen molar-refractivity contribution < 1.29 is 19.4 Å². The summed E-state index contributed by atoms with van der Waals surface area (Å²) in [5.74, 6) is 1.48. The number of anilines is 2. The Bertz CT molecular complexity index is 970. The van der Waals surface area contributed by atoms with Crippen LogP contribution in [0.2, 0.25) is 0 Å². The lowest BCUT2D eigenvalue weighted by atomic mass is 9.92. The number of hydrogen-bond acceptors (Lipinski definition) is 7. The third-order valence-corrected chi connectivity index (χ3v) is 6.70. The fourth-order valence-electron chi connectivity index (χ4n) is 4.42. The van der Waals surface area contributed by atoms with E-state index in [4.69, 9.17) is 14.5 Å². The fraction of sp³-hybridized carbons (Fsp3) is 0.696. The van der Waals surface area contributed by atoms with Crippen molar-refractivity contribution in [2.24, 2.45) is 5.92 Å². The molecule has 2 aliphatic rings. The van der Waals surface area contributed by atoms with Crippen LogP contribution >= 0.6 is 15.9 Å². The number of nitrogens with zero attached hydrogens (tertiary/aromatic N) is 4. The Balaban J connectivity index is 1.72. The van der Waals surface area contributed by atoms with Gasteiger partial charge in [0.2, 0.25) is 0 Å². The Labute approximate surface area is 203 Å². The van der Waals surface area contributed by atoms with E-state index >= 15 is 0 Å². The number of carbonyl (C=O) groups is 1. The van der Waals surface area contributed by atoms with E-state index in [0.29, 0.717) is 43.0 Å². The molecule has 0 spiro atoms. The number of fused-ring (bicyclic) bond motifs is 1. The van der Waals surface area contributed by atoms with E-state index in [2.05, 4.69) is 26.3 Å². The van der Waals surface area contributed by atoms with Crippen molar-refractivity contribution in [3.05, 3.63) is 16.7 Å². The molecule has 2 fully saturated rings. The minimum Gasteiger partial charge on any atom is -0.443 e. The standard InChI is InChI=1S/C23H34BrN5O4/c1-23(2,3)33-22(31)28(14-15-8-10-32-11-9-15)20-12-19(26-17-6-4-5-7-18(17)30)27-21-16(24)13-25-29(20)21/h12-13,15,17-18,30H,4-11,14H2,1-3H3,(H,26,27)/t17?,18-/m1/s1.